The third kappa shape index (κ3) is 4.59. The first kappa shape index (κ1) is 21.0. The van der Waals surface area contributed by atoms with Crippen molar-refractivity contribution in [3.63, 3.8) is 0 Å². The van der Waals surface area contributed by atoms with Gasteiger partial charge in [-0.3, -0.25) is 14.2 Å². The molecular weight excluding hydrogens is 438 g/mol. The summed E-state index contributed by atoms with van der Waals surface area (Å²) in [5.41, 5.74) is 1.38. The van der Waals surface area contributed by atoms with Crippen molar-refractivity contribution in [1.29, 1.82) is 0 Å². The zero-order chi connectivity index (χ0) is 21.8. The number of aromatic nitrogens is 3. The lowest BCUT2D eigenvalue weighted by Crippen LogP contribution is -2.21. The Morgan fingerprint density at radius 3 is 2.77 bits per heavy atom. The van der Waals surface area contributed by atoms with Gasteiger partial charge in [-0.25, -0.2) is 9.97 Å². The van der Waals surface area contributed by atoms with Crippen molar-refractivity contribution in [3.8, 4) is 22.1 Å². The van der Waals surface area contributed by atoms with Crippen LogP contribution in [0.4, 0.5) is 0 Å². The molecule has 31 heavy (non-hydrogen) atoms. The summed E-state index contributed by atoms with van der Waals surface area (Å²) >= 11 is 2.86. The maximum absolute atomic E-state index is 12.4. The molecule has 8 nitrogen and oxygen atoms in total. The molecule has 0 aliphatic carbocycles. The van der Waals surface area contributed by atoms with E-state index in [1.165, 1.54) is 33.6 Å². The average Bonchev–Trinajstić information content (AvgIpc) is 3.47. The summed E-state index contributed by atoms with van der Waals surface area (Å²) in [6.07, 6.45) is 1.54. The van der Waals surface area contributed by atoms with E-state index in [2.05, 4.69) is 9.97 Å². The molecule has 0 saturated heterocycles. The van der Waals surface area contributed by atoms with Crippen molar-refractivity contribution in [2.75, 3.05) is 14.2 Å². The molecule has 4 rings (SSSR count). The first-order valence-corrected chi connectivity index (χ1v) is 11.1. The highest BCUT2D eigenvalue weighted by molar-refractivity contribution is 7.16. The molecule has 0 N–H and O–H groups in total. The van der Waals surface area contributed by atoms with Crippen molar-refractivity contribution in [2.45, 2.75) is 19.6 Å². The molecule has 3 aromatic heterocycles. The number of aryl methyl sites for hydroxylation is 1. The topological polar surface area (TPSA) is 92.5 Å². The summed E-state index contributed by atoms with van der Waals surface area (Å²) in [7, 11) is 3.16. The van der Waals surface area contributed by atoms with E-state index in [1.54, 1.807) is 20.3 Å². The minimum absolute atomic E-state index is 0.0688. The molecule has 4 aromatic rings. The van der Waals surface area contributed by atoms with Gasteiger partial charge < -0.3 is 14.2 Å². The standard InChI is InChI=1S/C21H19N3O5S2/c1-27-16-4-3-13(9-17(16)28-2)19-23-14(11-31-19)10-29-18(25)5-7-24-12-22-20-15(21(24)26)6-8-30-20/h3-4,6,8-9,11-12H,5,7,10H2,1-2H3. The number of thiophene rings is 1. The fourth-order valence-corrected chi connectivity index (χ4v) is 4.49. The Kier molecular flexibility index (Phi) is 6.28. The fraction of sp³-hybridized carbons (Fsp3) is 0.238. The van der Waals surface area contributed by atoms with Crippen LogP contribution < -0.4 is 15.0 Å². The molecular formula is C21H19N3O5S2. The van der Waals surface area contributed by atoms with Crippen LogP contribution in [-0.2, 0) is 22.7 Å². The van der Waals surface area contributed by atoms with Crippen LogP contribution in [0.5, 0.6) is 11.5 Å². The predicted octanol–water partition coefficient (Wildman–Crippen LogP) is 3.73. The number of hydrogen-bond acceptors (Lipinski definition) is 9. The lowest BCUT2D eigenvalue weighted by atomic mass is 10.2. The van der Waals surface area contributed by atoms with E-state index in [4.69, 9.17) is 14.2 Å². The van der Waals surface area contributed by atoms with E-state index in [0.29, 0.717) is 27.4 Å². The molecule has 0 aliphatic rings. The molecule has 3 heterocycles. The summed E-state index contributed by atoms with van der Waals surface area (Å²) in [5.74, 6) is 0.857. The fourth-order valence-electron chi connectivity index (χ4n) is 2.97. The van der Waals surface area contributed by atoms with Gasteiger partial charge in [0.05, 0.1) is 38.0 Å². The Hall–Kier alpha value is -3.24. The minimum atomic E-state index is -0.405. The summed E-state index contributed by atoms with van der Waals surface area (Å²) in [4.78, 5) is 33.9. The first-order valence-electron chi connectivity index (χ1n) is 9.34. The molecule has 0 bridgehead atoms. The Morgan fingerprint density at radius 1 is 1.13 bits per heavy atom. The highest BCUT2D eigenvalue weighted by Crippen LogP contribution is 2.33. The highest BCUT2D eigenvalue weighted by Gasteiger charge is 2.12. The van der Waals surface area contributed by atoms with Crippen molar-refractivity contribution < 1.29 is 19.0 Å². The normalized spacial score (nSPS) is 10.9. The van der Waals surface area contributed by atoms with E-state index < -0.39 is 5.97 Å². The third-order valence-corrected chi connectivity index (χ3v) is 6.33. The van der Waals surface area contributed by atoms with Gasteiger partial charge in [-0.05, 0) is 29.6 Å². The van der Waals surface area contributed by atoms with Crippen LogP contribution in [0.25, 0.3) is 20.8 Å². The number of methoxy groups -OCH3 is 2. The molecule has 0 amide bonds. The smallest absolute Gasteiger partial charge is 0.307 e. The quantitative estimate of drug-likeness (QED) is 0.372. The Morgan fingerprint density at radius 2 is 1.97 bits per heavy atom. The van der Waals surface area contributed by atoms with Crippen molar-refractivity contribution in [1.82, 2.24) is 14.5 Å². The summed E-state index contributed by atoms with van der Waals surface area (Å²) in [5, 5.41) is 5.01. The number of fused-ring (bicyclic) bond motifs is 1. The van der Waals surface area contributed by atoms with Gasteiger partial charge in [0.1, 0.15) is 16.4 Å². The van der Waals surface area contributed by atoms with Crippen LogP contribution in [0.3, 0.4) is 0 Å². The molecule has 10 heteroatoms. The number of rotatable bonds is 8. The highest BCUT2D eigenvalue weighted by atomic mass is 32.1. The molecule has 0 saturated carbocycles. The Balaban J connectivity index is 1.34. The summed E-state index contributed by atoms with van der Waals surface area (Å²) < 4.78 is 17.3. The van der Waals surface area contributed by atoms with E-state index in [0.717, 1.165) is 10.6 Å². The van der Waals surface area contributed by atoms with Crippen LogP contribution in [-0.4, -0.2) is 34.7 Å². The SMILES string of the molecule is COc1ccc(-c2nc(COC(=O)CCn3cnc4sccc4c3=O)cs2)cc1OC. The summed E-state index contributed by atoms with van der Waals surface area (Å²) in [6.45, 7) is 0.281. The van der Waals surface area contributed by atoms with Crippen LogP contribution in [0.1, 0.15) is 12.1 Å². The number of thiazole rings is 1. The Labute approximate surface area is 185 Å². The van der Waals surface area contributed by atoms with Gasteiger partial charge in [0.25, 0.3) is 5.56 Å². The van der Waals surface area contributed by atoms with E-state index in [1.807, 2.05) is 29.0 Å². The van der Waals surface area contributed by atoms with E-state index in [-0.39, 0.29) is 25.1 Å². The second-order valence-electron chi connectivity index (χ2n) is 6.51. The second-order valence-corrected chi connectivity index (χ2v) is 8.26. The zero-order valence-electron chi connectivity index (χ0n) is 16.9. The van der Waals surface area contributed by atoms with Gasteiger partial charge in [-0.15, -0.1) is 22.7 Å². The maximum atomic E-state index is 12.4. The number of carbonyl (C=O) groups is 1. The molecule has 0 atom stereocenters. The lowest BCUT2D eigenvalue weighted by Gasteiger charge is -2.08. The zero-order valence-corrected chi connectivity index (χ0v) is 18.5. The van der Waals surface area contributed by atoms with Crippen LogP contribution in [0.2, 0.25) is 0 Å². The molecule has 0 aliphatic heterocycles. The monoisotopic (exact) mass is 457 g/mol. The maximum Gasteiger partial charge on any atom is 0.307 e. The van der Waals surface area contributed by atoms with Crippen molar-refractivity contribution in [2.24, 2.45) is 0 Å². The Bertz CT molecular complexity index is 1280. The van der Waals surface area contributed by atoms with Gasteiger partial charge in [0.2, 0.25) is 0 Å². The molecule has 0 fully saturated rings. The number of benzene rings is 1. The molecule has 0 spiro atoms. The minimum Gasteiger partial charge on any atom is -0.493 e. The van der Waals surface area contributed by atoms with Gasteiger partial charge in [0, 0.05) is 17.5 Å². The van der Waals surface area contributed by atoms with Crippen LogP contribution in [0, 0.1) is 0 Å². The van der Waals surface area contributed by atoms with Crippen molar-refractivity contribution >= 4 is 38.9 Å². The summed E-state index contributed by atoms with van der Waals surface area (Å²) in [6, 6.07) is 7.30. The van der Waals surface area contributed by atoms with Gasteiger partial charge in [0.15, 0.2) is 11.5 Å². The lowest BCUT2D eigenvalue weighted by molar-refractivity contribution is -0.145. The van der Waals surface area contributed by atoms with Gasteiger partial charge in [-0.1, -0.05) is 0 Å². The number of nitrogens with zero attached hydrogens (tertiary/aromatic N) is 3. The predicted molar refractivity (Wildman–Crippen MR) is 119 cm³/mol. The van der Waals surface area contributed by atoms with Crippen molar-refractivity contribution in [3.05, 3.63) is 57.4 Å². The average molecular weight is 458 g/mol. The number of hydrogen-bond donors (Lipinski definition) is 0. The second kappa shape index (κ2) is 9.27. The van der Waals surface area contributed by atoms with Gasteiger partial charge in [-0.2, -0.15) is 0 Å². The molecule has 160 valence electrons. The number of ether oxygens (including phenoxy) is 3. The van der Waals surface area contributed by atoms with Gasteiger partial charge >= 0.3 is 5.97 Å². The van der Waals surface area contributed by atoms with E-state index in [9.17, 15) is 9.59 Å². The first-order chi connectivity index (χ1) is 15.1. The number of carbonyl (C=O) groups excluding carboxylic acids is 1. The van der Waals surface area contributed by atoms with E-state index >= 15 is 0 Å². The molecule has 1 aromatic carbocycles. The third-order valence-electron chi connectivity index (χ3n) is 4.57. The largest absolute Gasteiger partial charge is 0.493 e. The number of esters is 1. The van der Waals surface area contributed by atoms with Crippen LogP contribution >= 0.6 is 22.7 Å². The molecule has 0 radical (unpaired) electrons. The van der Waals surface area contributed by atoms with Crippen LogP contribution in [0.15, 0.2) is 46.1 Å². The molecule has 0 unspecified atom stereocenters.